The summed E-state index contributed by atoms with van der Waals surface area (Å²) in [5.41, 5.74) is -0.155. The van der Waals surface area contributed by atoms with Crippen molar-refractivity contribution in [2.75, 3.05) is 6.54 Å². The summed E-state index contributed by atoms with van der Waals surface area (Å²) in [6, 6.07) is 5.64. The van der Waals surface area contributed by atoms with Gasteiger partial charge in [0.25, 0.3) is 0 Å². The van der Waals surface area contributed by atoms with Gasteiger partial charge >= 0.3 is 11.8 Å². The zero-order chi connectivity index (χ0) is 14.6. The van der Waals surface area contributed by atoms with Crippen molar-refractivity contribution in [3.63, 3.8) is 0 Å². The number of hydrogen-bond donors (Lipinski definition) is 3. The van der Waals surface area contributed by atoms with Crippen LogP contribution in [0.15, 0.2) is 24.3 Å². The molecule has 1 saturated carbocycles. The van der Waals surface area contributed by atoms with E-state index >= 15 is 0 Å². The van der Waals surface area contributed by atoms with Crippen LogP contribution in [0.25, 0.3) is 0 Å². The van der Waals surface area contributed by atoms with Crippen LogP contribution in [-0.4, -0.2) is 29.1 Å². The van der Waals surface area contributed by atoms with Crippen molar-refractivity contribution in [2.24, 2.45) is 0 Å². The van der Waals surface area contributed by atoms with Crippen LogP contribution >= 0.6 is 0 Å². The number of hydrogen-bond acceptors (Lipinski definition) is 3. The predicted octanol–water partition coefficient (Wildman–Crippen LogP) is 0.473. The Morgan fingerprint density at radius 1 is 1.15 bits per heavy atom. The molecule has 6 heteroatoms. The number of rotatable bonds is 4. The summed E-state index contributed by atoms with van der Waals surface area (Å²) >= 11 is 0. The molecule has 0 radical (unpaired) electrons. The summed E-state index contributed by atoms with van der Waals surface area (Å²) in [6.45, 7) is 0.243. The maximum atomic E-state index is 12.7. The van der Waals surface area contributed by atoms with Crippen LogP contribution in [0, 0.1) is 5.82 Å². The van der Waals surface area contributed by atoms with Gasteiger partial charge < -0.3 is 15.7 Å². The van der Waals surface area contributed by atoms with E-state index < -0.39 is 17.4 Å². The average Bonchev–Trinajstić information content (AvgIpc) is 2.41. The van der Waals surface area contributed by atoms with Crippen molar-refractivity contribution < 1.29 is 19.1 Å². The number of aliphatic hydroxyl groups is 1. The van der Waals surface area contributed by atoms with Crippen LogP contribution in [0.4, 0.5) is 4.39 Å². The summed E-state index contributed by atoms with van der Waals surface area (Å²) in [7, 11) is 0. The molecule has 2 amide bonds. The third-order valence-corrected chi connectivity index (χ3v) is 3.43. The molecule has 1 aromatic carbocycles. The largest absolute Gasteiger partial charge is 0.388 e. The lowest BCUT2D eigenvalue weighted by molar-refractivity contribution is -0.140. The van der Waals surface area contributed by atoms with Crippen molar-refractivity contribution in [1.82, 2.24) is 10.6 Å². The third-order valence-electron chi connectivity index (χ3n) is 3.43. The smallest absolute Gasteiger partial charge is 0.309 e. The van der Waals surface area contributed by atoms with Crippen molar-refractivity contribution in [1.29, 1.82) is 0 Å². The molecule has 0 atom stereocenters. The minimum atomic E-state index is -0.854. The van der Waals surface area contributed by atoms with Gasteiger partial charge in [-0.25, -0.2) is 4.39 Å². The first-order valence-electron chi connectivity index (χ1n) is 6.51. The molecule has 0 saturated heterocycles. The Labute approximate surface area is 116 Å². The quantitative estimate of drug-likeness (QED) is 0.702. The number of halogens is 1. The average molecular weight is 280 g/mol. The number of carbonyl (C=O) groups excluding carboxylic acids is 2. The first kappa shape index (κ1) is 14.5. The molecule has 5 nitrogen and oxygen atoms in total. The fourth-order valence-corrected chi connectivity index (χ4v) is 1.95. The normalized spacial score (nSPS) is 16.1. The van der Waals surface area contributed by atoms with Crippen LogP contribution < -0.4 is 10.6 Å². The van der Waals surface area contributed by atoms with Gasteiger partial charge in [0.15, 0.2) is 0 Å². The number of nitrogens with one attached hydrogen (secondary N) is 2. The molecule has 0 bridgehead atoms. The summed E-state index contributed by atoms with van der Waals surface area (Å²) < 4.78 is 12.7. The Kier molecular flexibility index (Phi) is 4.34. The second-order valence-corrected chi connectivity index (χ2v) is 5.07. The molecular weight excluding hydrogens is 263 g/mol. The molecule has 2 rings (SSSR count). The van der Waals surface area contributed by atoms with Crippen molar-refractivity contribution in [3.05, 3.63) is 35.6 Å². The van der Waals surface area contributed by atoms with Gasteiger partial charge in [0.2, 0.25) is 0 Å². The van der Waals surface area contributed by atoms with Gasteiger partial charge in [-0.1, -0.05) is 12.1 Å². The highest BCUT2D eigenvalue weighted by Gasteiger charge is 2.34. The van der Waals surface area contributed by atoms with Crippen LogP contribution in [-0.2, 0) is 16.1 Å². The summed E-state index contributed by atoms with van der Waals surface area (Å²) in [5.74, 6) is -1.89. The fourth-order valence-electron chi connectivity index (χ4n) is 1.95. The monoisotopic (exact) mass is 280 g/mol. The Balaban J connectivity index is 1.73. The van der Waals surface area contributed by atoms with E-state index in [-0.39, 0.29) is 18.9 Å². The molecule has 108 valence electrons. The molecule has 0 unspecified atom stereocenters. The highest BCUT2D eigenvalue weighted by atomic mass is 19.1. The van der Waals surface area contributed by atoms with Gasteiger partial charge in [-0.15, -0.1) is 0 Å². The number of carbonyl (C=O) groups is 2. The zero-order valence-electron chi connectivity index (χ0n) is 11.0. The van der Waals surface area contributed by atoms with Gasteiger partial charge in [0.05, 0.1) is 5.60 Å². The fraction of sp³-hybridized carbons (Fsp3) is 0.429. The minimum absolute atomic E-state index is 0.0931. The van der Waals surface area contributed by atoms with Crippen molar-refractivity contribution in [2.45, 2.75) is 31.4 Å². The topological polar surface area (TPSA) is 78.4 Å². The maximum Gasteiger partial charge on any atom is 0.309 e. The van der Waals surface area contributed by atoms with Crippen molar-refractivity contribution in [3.8, 4) is 0 Å². The standard InChI is InChI=1S/C14H17FN2O3/c15-11-4-2-10(3-5-11)8-16-12(18)13(19)17-9-14(20)6-1-7-14/h2-5,20H,1,6-9H2,(H,16,18)(H,17,19). The Hall–Kier alpha value is -1.95. The van der Waals surface area contributed by atoms with Crippen LogP contribution in [0.2, 0.25) is 0 Å². The van der Waals surface area contributed by atoms with E-state index in [1.165, 1.54) is 24.3 Å². The molecule has 1 fully saturated rings. The number of amides is 2. The van der Waals surface area contributed by atoms with Crippen molar-refractivity contribution >= 4 is 11.8 Å². The van der Waals surface area contributed by atoms with E-state index in [1.54, 1.807) is 0 Å². The van der Waals surface area contributed by atoms with Gasteiger partial charge in [0.1, 0.15) is 5.82 Å². The lowest BCUT2D eigenvalue weighted by atomic mass is 9.80. The molecule has 0 aromatic heterocycles. The summed E-state index contributed by atoms with van der Waals surface area (Å²) in [4.78, 5) is 23.0. The first-order chi connectivity index (χ1) is 9.48. The predicted molar refractivity (Wildman–Crippen MR) is 70.1 cm³/mol. The minimum Gasteiger partial charge on any atom is -0.388 e. The van der Waals surface area contributed by atoms with Gasteiger partial charge in [0, 0.05) is 13.1 Å². The molecule has 1 aliphatic carbocycles. The summed E-state index contributed by atoms with van der Waals surface area (Å²) in [6.07, 6.45) is 2.22. The molecule has 0 aliphatic heterocycles. The van der Waals surface area contributed by atoms with E-state index in [1.807, 2.05) is 0 Å². The lowest BCUT2D eigenvalue weighted by Gasteiger charge is -2.36. The SMILES string of the molecule is O=C(NCc1ccc(F)cc1)C(=O)NCC1(O)CCC1. The Bertz CT molecular complexity index is 498. The van der Waals surface area contributed by atoms with E-state index in [0.29, 0.717) is 18.4 Å². The van der Waals surface area contributed by atoms with Gasteiger partial charge in [-0.3, -0.25) is 9.59 Å². The van der Waals surface area contributed by atoms with Crippen LogP contribution in [0.1, 0.15) is 24.8 Å². The molecule has 1 aromatic rings. The van der Waals surface area contributed by atoms with Gasteiger partial charge in [-0.05, 0) is 37.0 Å². The van der Waals surface area contributed by atoms with E-state index in [0.717, 1.165) is 6.42 Å². The molecule has 1 aliphatic rings. The molecule has 20 heavy (non-hydrogen) atoms. The first-order valence-corrected chi connectivity index (χ1v) is 6.51. The van der Waals surface area contributed by atoms with Crippen LogP contribution in [0.3, 0.4) is 0 Å². The van der Waals surface area contributed by atoms with Gasteiger partial charge in [-0.2, -0.15) is 0 Å². The highest BCUT2D eigenvalue weighted by Crippen LogP contribution is 2.30. The molecule has 0 heterocycles. The second kappa shape index (κ2) is 6.00. The Morgan fingerprint density at radius 2 is 1.75 bits per heavy atom. The maximum absolute atomic E-state index is 12.7. The highest BCUT2D eigenvalue weighted by molar-refractivity contribution is 6.35. The molecular formula is C14H17FN2O3. The second-order valence-electron chi connectivity index (χ2n) is 5.07. The van der Waals surface area contributed by atoms with E-state index in [9.17, 15) is 19.1 Å². The van der Waals surface area contributed by atoms with Crippen LogP contribution in [0.5, 0.6) is 0 Å². The zero-order valence-corrected chi connectivity index (χ0v) is 11.0. The van der Waals surface area contributed by atoms with E-state index in [4.69, 9.17) is 0 Å². The summed E-state index contributed by atoms with van der Waals surface area (Å²) in [5, 5.41) is 14.6. The molecule has 3 N–H and O–H groups in total. The number of benzene rings is 1. The lowest BCUT2D eigenvalue weighted by Crippen LogP contribution is -2.50. The molecule has 0 spiro atoms. The Morgan fingerprint density at radius 3 is 2.30 bits per heavy atom. The van der Waals surface area contributed by atoms with E-state index in [2.05, 4.69) is 10.6 Å². The third kappa shape index (κ3) is 3.77.